The van der Waals surface area contributed by atoms with E-state index < -0.39 is 5.97 Å². The van der Waals surface area contributed by atoms with Gasteiger partial charge in [0.2, 0.25) is 0 Å². The van der Waals surface area contributed by atoms with Gasteiger partial charge >= 0.3 is 5.97 Å². The molecule has 2 heterocycles. The molecule has 0 fully saturated rings. The Morgan fingerprint density at radius 3 is 2.71 bits per heavy atom. The maximum Gasteiger partial charge on any atom is 0.358 e. The van der Waals surface area contributed by atoms with E-state index in [1.165, 1.54) is 4.68 Å². The second kappa shape index (κ2) is 6.23. The molecule has 1 N–H and O–H groups in total. The van der Waals surface area contributed by atoms with E-state index in [2.05, 4.69) is 15.4 Å². The third-order valence-corrected chi connectivity index (χ3v) is 3.63. The molecule has 0 aliphatic heterocycles. The fraction of sp³-hybridized carbons (Fsp3) is 0.500. The molecule has 2 rings (SSSR count). The van der Waals surface area contributed by atoms with Crippen LogP contribution >= 0.6 is 11.6 Å². The predicted octanol–water partition coefficient (Wildman–Crippen LogP) is 0.909. The van der Waals surface area contributed by atoms with Gasteiger partial charge < -0.3 is 9.84 Å². The van der Waals surface area contributed by atoms with Crippen molar-refractivity contribution in [3.8, 4) is 0 Å². The zero-order valence-corrected chi connectivity index (χ0v) is 12.8. The lowest BCUT2D eigenvalue weighted by Crippen LogP contribution is -2.12. The average molecular weight is 314 g/mol. The van der Waals surface area contributed by atoms with Crippen molar-refractivity contribution < 1.29 is 14.6 Å². The Morgan fingerprint density at radius 1 is 1.48 bits per heavy atom. The van der Waals surface area contributed by atoms with Gasteiger partial charge in [0.15, 0.2) is 5.69 Å². The summed E-state index contributed by atoms with van der Waals surface area (Å²) >= 11 is 6.19. The van der Waals surface area contributed by atoms with Gasteiger partial charge in [-0.1, -0.05) is 16.8 Å². The van der Waals surface area contributed by atoms with E-state index in [-0.39, 0.29) is 5.69 Å². The van der Waals surface area contributed by atoms with Gasteiger partial charge in [0, 0.05) is 26.1 Å². The minimum Gasteiger partial charge on any atom is -0.476 e. The zero-order chi connectivity index (χ0) is 15.6. The van der Waals surface area contributed by atoms with Gasteiger partial charge in [-0.25, -0.2) is 9.48 Å². The van der Waals surface area contributed by atoms with Crippen molar-refractivity contribution in [2.24, 2.45) is 7.05 Å². The van der Waals surface area contributed by atoms with Crippen LogP contribution in [0.15, 0.2) is 0 Å². The summed E-state index contributed by atoms with van der Waals surface area (Å²) < 4.78 is 8.09. The summed E-state index contributed by atoms with van der Waals surface area (Å²) in [6.45, 7) is 2.54. The maximum absolute atomic E-state index is 11.2. The van der Waals surface area contributed by atoms with Crippen LogP contribution in [0.2, 0.25) is 5.15 Å². The average Bonchev–Trinajstić information content (AvgIpc) is 2.93. The molecule has 0 spiro atoms. The lowest BCUT2D eigenvalue weighted by molar-refractivity contribution is 0.0688. The summed E-state index contributed by atoms with van der Waals surface area (Å²) in [5.41, 5.74) is 2.00. The molecule has 0 bridgehead atoms. The van der Waals surface area contributed by atoms with Crippen molar-refractivity contribution in [1.82, 2.24) is 24.8 Å². The summed E-state index contributed by atoms with van der Waals surface area (Å²) in [6, 6.07) is 0. The second-order valence-corrected chi connectivity index (χ2v) is 4.93. The highest BCUT2D eigenvalue weighted by atomic mass is 35.5. The first-order valence-electron chi connectivity index (χ1n) is 6.28. The van der Waals surface area contributed by atoms with Crippen LogP contribution in [0.3, 0.4) is 0 Å². The van der Waals surface area contributed by atoms with Crippen molar-refractivity contribution in [2.45, 2.75) is 19.9 Å². The van der Waals surface area contributed by atoms with Crippen molar-refractivity contribution in [3.63, 3.8) is 0 Å². The number of nitrogens with zero attached hydrogens (tertiary/aromatic N) is 5. The first kappa shape index (κ1) is 15.5. The Hall–Kier alpha value is -1.93. The molecule has 21 heavy (non-hydrogen) atoms. The molecule has 0 radical (unpaired) electrons. The lowest BCUT2D eigenvalue weighted by Gasteiger charge is -2.07. The Morgan fingerprint density at radius 2 is 2.19 bits per heavy atom. The van der Waals surface area contributed by atoms with Crippen LogP contribution in [0.25, 0.3) is 0 Å². The predicted molar refractivity (Wildman–Crippen MR) is 74.6 cm³/mol. The molecule has 0 saturated heterocycles. The van der Waals surface area contributed by atoms with Gasteiger partial charge in [-0.15, -0.1) is 5.10 Å². The number of aromatic carboxylic acids is 1. The van der Waals surface area contributed by atoms with Gasteiger partial charge in [0.1, 0.15) is 5.15 Å². The van der Waals surface area contributed by atoms with Crippen LogP contribution in [0.4, 0.5) is 0 Å². The van der Waals surface area contributed by atoms with Gasteiger partial charge in [0.25, 0.3) is 0 Å². The van der Waals surface area contributed by atoms with E-state index in [4.69, 9.17) is 21.4 Å². The summed E-state index contributed by atoms with van der Waals surface area (Å²) in [4.78, 5) is 11.2. The Labute approximate surface area is 126 Å². The SMILES string of the molecule is COCCc1c(C(=O)O)nnn1Cc1c(C)nn(C)c1Cl. The lowest BCUT2D eigenvalue weighted by atomic mass is 10.2. The summed E-state index contributed by atoms with van der Waals surface area (Å²) in [5.74, 6) is -1.11. The molecular formula is C12H16ClN5O3. The highest BCUT2D eigenvalue weighted by molar-refractivity contribution is 6.30. The Bertz CT molecular complexity index is 664. The third-order valence-electron chi connectivity index (χ3n) is 3.16. The quantitative estimate of drug-likeness (QED) is 0.851. The number of halogens is 1. The fourth-order valence-corrected chi connectivity index (χ4v) is 2.31. The maximum atomic E-state index is 11.2. The number of hydrogen-bond acceptors (Lipinski definition) is 5. The Kier molecular flexibility index (Phi) is 4.59. The van der Waals surface area contributed by atoms with Crippen LogP contribution in [0.5, 0.6) is 0 Å². The van der Waals surface area contributed by atoms with Gasteiger partial charge in [0.05, 0.1) is 24.5 Å². The van der Waals surface area contributed by atoms with Gasteiger partial charge in [-0.2, -0.15) is 5.10 Å². The minimum absolute atomic E-state index is 0.0651. The number of rotatable bonds is 6. The largest absolute Gasteiger partial charge is 0.476 e. The fourth-order valence-electron chi connectivity index (χ4n) is 2.08. The van der Waals surface area contributed by atoms with Crippen molar-refractivity contribution in [3.05, 3.63) is 27.8 Å². The molecule has 0 aliphatic carbocycles. The number of aromatic nitrogens is 5. The van der Waals surface area contributed by atoms with E-state index >= 15 is 0 Å². The molecular weight excluding hydrogens is 298 g/mol. The first-order valence-corrected chi connectivity index (χ1v) is 6.66. The second-order valence-electron chi connectivity index (χ2n) is 4.57. The summed E-state index contributed by atoms with van der Waals surface area (Å²) in [5, 5.41) is 21.5. The van der Waals surface area contributed by atoms with Crippen LogP contribution in [0.1, 0.15) is 27.4 Å². The van der Waals surface area contributed by atoms with Crippen LogP contribution in [-0.4, -0.2) is 49.6 Å². The number of hydrogen-bond donors (Lipinski definition) is 1. The number of ether oxygens (including phenoxy) is 1. The topological polar surface area (TPSA) is 95.1 Å². The molecule has 0 saturated carbocycles. The molecule has 0 atom stereocenters. The van der Waals surface area contributed by atoms with Crippen molar-refractivity contribution in [1.29, 1.82) is 0 Å². The smallest absolute Gasteiger partial charge is 0.358 e. The molecule has 2 aromatic rings. The van der Waals surface area contributed by atoms with Crippen molar-refractivity contribution in [2.75, 3.05) is 13.7 Å². The zero-order valence-electron chi connectivity index (χ0n) is 12.0. The van der Waals surface area contributed by atoms with E-state index in [0.717, 1.165) is 11.3 Å². The molecule has 2 aromatic heterocycles. The standard InChI is InChI=1S/C12H16ClN5O3/c1-7-8(11(13)17(2)15-7)6-18-9(4-5-21-3)10(12(19)20)14-16-18/h4-6H2,1-3H3,(H,19,20). The first-order chi connectivity index (χ1) is 9.95. The third kappa shape index (κ3) is 3.06. The number of methoxy groups -OCH3 is 1. The van der Waals surface area contributed by atoms with E-state index in [1.807, 2.05) is 6.92 Å². The van der Waals surface area contributed by atoms with Crippen molar-refractivity contribution >= 4 is 17.6 Å². The van der Waals surface area contributed by atoms with E-state index in [1.54, 1.807) is 18.8 Å². The van der Waals surface area contributed by atoms with Crippen LogP contribution in [-0.2, 0) is 24.8 Å². The summed E-state index contributed by atoms with van der Waals surface area (Å²) in [6.07, 6.45) is 0.405. The molecule has 0 amide bonds. The minimum atomic E-state index is -1.11. The van der Waals surface area contributed by atoms with Crippen LogP contribution < -0.4 is 0 Å². The normalized spacial score (nSPS) is 11.0. The highest BCUT2D eigenvalue weighted by Gasteiger charge is 2.21. The molecule has 9 heteroatoms. The number of carboxylic acids is 1. The van der Waals surface area contributed by atoms with Crippen LogP contribution in [0, 0.1) is 6.92 Å². The molecule has 0 aliphatic rings. The van der Waals surface area contributed by atoms with Gasteiger partial charge in [-0.3, -0.25) is 4.68 Å². The Balaban J connectivity index is 2.37. The number of carbonyl (C=O) groups is 1. The highest BCUT2D eigenvalue weighted by Crippen LogP contribution is 2.20. The monoisotopic (exact) mass is 313 g/mol. The van der Waals surface area contributed by atoms with Gasteiger partial charge in [-0.05, 0) is 6.92 Å². The van der Waals surface area contributed by atoms with E-state index in [9.17, 15) is 4.79 Å². The molecule has 8 nitrogen and oxygen atoms in total. The summed E-state index contributed by atoms with van der Waals surface area (Å²) in [7, 11) is 3.30. The number of carboxylic acid groups (broad SMARTS) is 1. The molecule has 0 unspecified atom stereocenters. The number of aryl methyl sites for hydroxylation is 2. The molecule has 0 aromatic carbocycles. The molecule has 114 valence electrons. The van der Waals surface area contributed by atoms with E-state index in [0.29, 0.717) is 30.4 Å².